The molecule has 0 unspecified atom stereocenters. The summed E-state index contributed by atoms with van der Waals surface area (Å²) in [5.41, 5.74) is 7.73. The van der Waals surface area contributed by atoms with E-state index < -0.39 is 0 Å². The number of methoxy groups -OCH3 is 1. The summed E-state index contributed by atoms with van der Waals surface area (Å²) in [7, 11) is 1.73. The highest BCUT2D eigenvalue weighted by atomic mass is 16.5. The summed E-state index contributed by atoms with van der Waals surface area (Å²) >= 11 is 0. The van der Waals surface area contributed by atoms with E-state index in [-0.39, 0.29) is 5.54 Å². The van der Waals surface area contributed by atoms with Gasteiger partial charge in [-0.25, -0.2) is 0 Å². The summed E-state index contributed by atoms with van der Waals surface area (Å²) in [6.45, 7) is 5.03. The molecule has 1 saturated carbocycles. The van der Waals surface area contributed by atoms with Crippen LogP contribution in [0.25, 0.3) is 0 Å². The highest BCUT2D eigenvalue weighted by Crippen LogP contribution is 2.33. The molecule has 1 fully saturated rings. The first-order valence-electron chi connectivity index (χ1n) is 8.32. The highest BCUT2D eigenvalue weighted by molar-refractivity contribution is 5.28. The van der Waals surface area contributed by atoms with Gasteiger partial charge in [-0.3, -0.25) is 4.90 Å². The van der Waals surface area contributed by atoms with Crippen molar-refractivity contribution in [3.8, 4) is 5.75 Å². The van der Waals surface area contributed by atoms with Gasteiger partial charge in [0, 0.05) is 18.6 Å². The van der Waals surface area contributed by atoms with Crippen molar-refractivity contribution in [1.82, 2.24) is 4.90 Å². The molecule has 0 spiro atoms. The van der Waals surface area contributed by atoms with E-state index in [0.717, 1.165) is 25.4 Å². The van der Waals surface area contributed by atoms with Gasteiger partial charge in [0.15, 0.2) is 0 Å². The minimum Gasteiger partial charge on any atom is -0.497 e. The number of nitrogens with zero attached hydrogens (tertiary/aromatic N) is 1. The Hall–Kier alpha value is -1.06. The van der Waals surface area contributed by atoms with Crippen LogP contribution in [0.4, 0.5) is 0 Å². The molecule has 2 rings (SSSR count). The number of likely N-dealkylation sites (N-methyl/N-ethyl adjacent to an activating group) is 1. The minimum absolute atomic E-state index is 0.189. The summed E-state index contributed by atoms with van der Waals surface area (Å²) in [6, 6.07) is 8.41. The molecule has 0 heterocycles. The zero-order valence-electron chi connectivity index (χ0n) is 13.6. The quantitative estimate of drug-likeness (QED) is 0.814. The second-order valence-corrected chi connectivity index (χ2v) is 6.21. The lowest BCUT2D eigenvalue weighted by Crippen LogP contribution is -2.53. The maximum absolute atomic E-state index is 6.23. The topological polar surface area (TPSA) is 38.5 Å². The van der Waals surface area contributed by atoms with Gasteiger partial charge in [0.25, 0.3) is 0 Å². The number of nitrogens with two attached hydrogens (primary N) is 1. The van der Waals surface area contributed by atoms with Gasteiger partial charge in [-0.1, -0.05) is 44.7 Å². The Bertz CT molecular complexity index is 425. The largest absolute Gasteiger partial charge is 0.497 e. The van der Waals surface area contributed by atoms with Gasteiger partial charge in [-0.05, 0) is 37.1 Å². The van der Waals surface area contributed by atoms with E-state index in [1.54, 1.807) is 7.11 Å². The van der Waals surface area contributed by atoms with Crippen LogP contribution in [0.5, 0.6) is 5.75 Å². The van der Waals surface area contributed by atoms with Gasteiger partial charge in [-0.15, -0.1) is 0 Å². The normalized spacial score (nSPS) is 18.5. The molecule has 0 amide bonds. The van der Waals surface area contributed by atoms with Crippen molar-refractivity contribution in [1.29, 1.82) is 0 Å². The van der Waals surface area contributed by atoms with Crippen molar-refractivity contribution in [2.45, 2.75) is 57.5 Å². The van der Waals surface area contributed by atoms with E-state index in [0.29, 0.717) is 0 Å². The molecule has 0 aliphatic heterocycles. The molecule has 0 atom stereocenters. The standard InChI is InChI=1S/C18H30N2O/c1-3-20(14-16-9-8-10-17(13-16)21-2)18(15-19)11-6-4-5-7-12-18/h8-10,13H,3-7,11-12,14-15,19H2,1-2H3. The number of ether oxygens (including phenoxy) is 1. The summed E-state index contributed by atoms with van der Waals surface area (Å²) in [5.74, 6) is 0.936. The van der Waals surface area contributed by atoms with Crippen molar-refractivity contribution in [2.75, 3.05) is 20.2 Å². The lowest BCUT2D eigenvalue weighted by Gasteiger charge is -2.43. The third-order valence-corrected chi connectivity index (χ3v) is 4.97. The lowest BCUT2D eigenvalue weighted by atomic mass is 9.87. The molecule has 21 heavy (non-hydrogen) atoms. The number of rotatable bonds is 6. The first-order valence-corrected chi connectivity index (χ1v) is 8.32. The molecule has 0 aromatic heterocycles. The van der Waals surface area contributed by atoms with Crippen molar-refractivity contribution in [3.63, 3.8) is 0 Å². The molecule has 0 radical (unpaired) electrons. The third kappa shape index (κ3) is 3.98. The van der Waals surface area contributed by atoms with E-state index in [2.05, 4.69) is 30.0 Å². The highest BCUT2D eigenvalue weighted by Gasteiger charge is 2.34. The first-order chi connectivity index (χ1) is 10.2. The molecule has 0 saturated heterocycles. The van der Waals surface area contributed by atoms with Crippen LogP contribution in [0.3, 0.4) is 0 Å². The average molecular weight is 290 g/mol. The fourth-order valence-electron chi connectivity index (χ4n) is 3.64. The minimum atomic E-state index is 0.189. The van der Waals surface area contributed by atoms with Gasteiger partial charge in [-0.2, -0.15) is 0 Å². The van der Waals surface area contributed by atoms with E-state index >= 15 is 0 Å². The van der Waals surface area contributed by atoms with Crippen LogP contribution in [0.2, 0.25) is 0 Å². The molecule has 0 bridgehead atoms. The van der Waals surface area contributed by atoms with Crippen molar-refractivity contribution >= 4 is 0 Å². The predicted molar refractivity (Wildman–Crippen MR) is 88.6 cm³/mol. The van der Waals surface area contributed by atoms with Gasteiger partial charge in [0.05, 0.1) is 7.11 Å². The molecule has 1 aliphatic rings. The van der Waals surface area contributed by atoms with Crippen LogP contribution in [-0.2, 0) is 6.54 Å². The fourth-order valence-corrected chi connectivity index (χ4v) is 3.64. The van der Waals surface area contributed by atoms with Gasteiger partial charge in [0.1, 0.15) is 5.75 Å². The van der Waals surface area contributed by atoms with Crippen molar-refractivity contribution in [3.05, 3.63) is 29.8 Å². The van der Waals surface area contributed by atoms with Crippen LogP contribution in [0, 0.1) is 0 Å². The second kappa shape index (κ2) is 7.81. The molecule has 2 N–H and O–H groups in total. The Balaban J connectivity index is 2.16. The SMILES string of the molecule is CCN(Cc1cccc(OC)c1)C1(CN)CCCCCC1. The van der Waals surface area contributed by atoms with E-state index in [9.17, 15) is 0 Å². The Labute approximate surface area is 129 Å². The summed E-state index contributed by atoms with van der Waals surface area (Å²) in [4.78, 5) is 2.59. The van der Waals surface area contributed by atoms with Crippen molar-refractivity contribution < 1.29 is 4.74 Å². The Morgan fingerprint density at radius 1 is 1.19 bits per heavy atom. The molecule has 1 aromatic rings. The van der Waals surface area contributed by atoms with Crippen LogP contribution in [0.15, 0.2) is 24.3 Å². The predicted octanol–water partition coefficient (Wildman–Crippen LogP) is 3.57. The Morgan fingerprint density at radius 3 is 2.48 bits per heavy atom. The third-order valence-electron chi connectivity index (χ3n) is 4.97. The Kier molecular flexibility index (Phi) is 6.07. The average Bonchev–Trinajstić information content (AvgIpc) is 2.79. The monoisotopic (exact) mass is 290 g/mol. The van der Waals surface area contributed by atoms with E-state index in [1.165, 1.54) is 44.1 Å². The molecule has 3 heteroatoms. The van der Waals surface area contributed by atoms with Gasteiger partial charge in [0.2, 0.25) is 0 Å². The molecule has 1 aliphatic carbocycles. The first kappa shape index (κ1) is 16.3. The fraction of sp³-hybridized carbons (Fsp3) is 0.667. The molecular weight excluding hydrogens is 260 g/mol. The van der Waals surface area contributed by atoms with Crippen LogP contribution >= 0.6 is 0 Å². The Morgan fingerprint density at radius 2 is 1.90 bits per heavy atom. The molecular formula is C18H30N2O. The molecule has 118 valence electrons. The van der Waals surface area contributed by atoms with Gasteiger partial charge >= 0.3 is 0 Å². The molecule has 1 aromatic carbocycles. The van der Waals surface area contributed by atoms with Gasteiger partial charge < -0.3 is 10.5 Å². The zero-order chi connectivity index (χ0) is 15.1. The smallest absolute Gasteiger partial charge is 0.119 e. The number of hydrogen-bond acceptors (Lipinski definition) is 3. The summed E-state index contributed by atoms with van der Waals surface area (Å²) in [5, 5.41) is 0. The number of hydrogen-bond donors (Lipinski definition) is 1. The van der Waals surface area contributed by atoms with E-state index in [4.69, 9.17) is 10.5 Å². The van der Waals surface area contributed by atoms with E-state index in [1.807, 2.05) is 6.07 Å². The van der Waals surface area contributed by atoms with Crippen molar-refractivity contribution in [2.24, 2.45) is 5.73 Å². The van der Waals surface area contributed by atoms with Crippen LogP contribution < -0.4 is 10.5 Å². The second-order valence-electron chi connectivity index (χ2n) is 6.21. The van der Waals surface area contributed by atoms with Crippen LogP contribution in [-0.4, -0.2) is 30.6 Å². The van der Waals surface area contributed by atoms with Crippen LogP contribution in [0.1, 0.15) is 51.0 Å². The maximum atomic E-state index is 6.23. The number of benzene rings is 1. The lowest BCUT2D eigenvalue weighted by molar-refractivity contribution is 0.0756. The zero-order valence-corrected chi connectivity index (χ0v) is 13.6. The summed E-state index contributed by atoms with van der Waals surface area (Å²) < 4.78 is 5.34. The maximum Gasteiger partial charge on any atom is 0.119 e. The molecule has 3 nitrogen and oxygen atoms in total. The summed E-state index contributed by atoms with van der Waals surface area (Å²) in [6.07, 6.45) is 7.82.